The highest BCUT2D eigenvalue weighted by Crippen LogP contribution is 2.47. The van der Waals surface area contributed by atoms with Crippen molar-refractivity contribution in [2.45, 2.75) is 53.4 Å². The smallest absolute Gasteiger partial charge is 0.324 e. The summed E-state index contributed by atoms with van der Waals surface area (Å²) < 4.78 is 10.3. The minimum atomic E-state index is -1.30. The Bertz CT molecular complexity index is 510. The van der Waals surface area contributed by atoms with Crippen molar-refractivity contribution in [3.05, 3.63) is 23.3 Å². The number of ketones is 1. The van der Waals surface area contributed by atoms with Crippen molar-refractivity contribution in [2.75, 3.05) is 13.2 Å². The number of esters is 2. The molecule has 1 rings (SSSR count). The van der Waals surface area contributed by atoms with E-state index in [1.54, 1.807) is 20.8 Å². The van der Waals surface area contributed by atoms with Gasteiger partial charge in [0.15, 0.2) is 5.41 Å². The molecule has 0 aromatic heterocycles. The second kappa shape index (κ2) is 8.65. The number of carbonyl (C=O) groups is 3. The van der Waals surface area contributed by atoms with E-state index < -0.39 is 17.4 Å². The van der Waals surface area contributed by atoms with Gasteiger partial charge >= 0.3 is 11.9 Å². The highest BCUT2D eigenvalue weighted by atomic mass is 16.6. The zero-order valence-electron chi connectivity index (χ0n) is 14.4. The average molecular weight is 322 g/mol. The molecule has 0 unspecified atom stereocenters. The van der Waals surface area contributed by atoms with Crippen LogP contribution in [0.4, 0.5) is 0 Å². The van der Waals surface area contributed by atoms with E-state index in [2.05, 4.69) is 0 Å². The van der Waals surface area contributed by atoms with Gasteiger partial charge in [-0.25, -0.2) is 0 Å². The van der Waals surface area contributed by atoms with Crippen LogP contribution >= 0.6 is 0 Å². The molecule has 1 aliphatic carbocycles. The van der Waals surface area contributed by atoms with Gasteiger partial charge in [0.05, 0.1) is 13.2 Å². The van der Waals surface area contributed by atoms with Crippen LogP contribution in [0.3, 0.4) is 0 Å². The van der Waals surface area contributed by atoms with Crippen LogP contribution in [0, 0.1) is 5.41 Å². The topological polar surface area (TPSA) is 69.7 Å². The second-order valence-electron chi connectivity index (χ2n) is 5.66. The van der Waals surface area contributed by atoms with E-state index in [4.69, 9.17) is 9.47 Å². The van der Waals surface area contributed by atoms with Gasteiger partial charge in [-0.05, 0) is 58.1 Å². The predicted octanol–water partition coefficient (Wildman–Crippen LogP) is 3.13. The summed E-state index contributed by atoms with van der Waals surface area (Å²) in [6, 6.07) is 0. The second-order valence-corrected chi connectivity index (χ2v) is 5.66. The maximum Gasteiger partial charge on any atom is 0.324 e. The van der Waals surface area contributed by atoms with Crippen LogP contribution in [0.5, 0.6) is 0 Å². The molecule has 5 heteroatoms. The molecule has 0 radical (unpaired) electrons. The third-order valence-electron chi connectivity index (χ3n) is 3.96. The summed E-state index contributed by atoms with van der Waals surface area (Å²) >= 11 is 0. The monoisotopic (exact) mass is 322 g/mol. The number of Topliss-reactive ketones (excluding diaryl/α,β-unsaturated/α-hetero) is 1. The van der Waals surface area contributed by atoms with E-state index in [0.717, 1.165) is 11.1 Å². The van der Waals surface area contributed by atoms with Crippen molar-refractivity contribution in [1.29, 1.82) is 0 Å². The molecule has 0 aliphatic heterocycles. The first-order valence-corrected chi connectivity index (χ1v) is 8.09. The molecule has 0 spiro atoms. The third-order valence-corrected chi connectivity index (χ3v) is 3.96. The molecule has 23 heavy (non-hydrogen) atoms. The Morgan fingerprint density at radius 1 is 1.04 bits per heavy atom. The van der Waals surface area contributed by atoms with Gasteiger partial charge in [0, 0.05) is 6.42 Å². The van der Waals surface area contributed by atoms with Crippen molar-refractivity contribution in [3.8, 4) is 0 Å². The summed E-state index contributed by atoms with van der Waals surface area (Å²) in [5.41, 5.74) is 0.570. The van der Waals surface area contributed by atoms with Gasteiger partial charge in [-0.15, -0.1) is 0 Å². The molecule has 0 atom stereocenters. The van der Waals surface area contributed by atoms with E-state index in [-0.39, 0.29) is 31.8 Å². The SMILES string of the molecule is C/C=C1/CC(C(=O)OCC)(C(=O)OCC)C/C1=C\CCC(C)=O. The first-order valence-electron chi connectivity index (χ1n) is 8.09. The zero-order valence-corrected chi connectivity index (χ0v) is 14.4. The molecule has 0 saturated heterocycles. The van der Waals surface area contributed by atoms with Crippen LogP contribution in [0.25, 0.3) is 0 Å². The van der Waals surface area contributed by atoms with E-state index in [1.165, 1.54) is 0 Å². The summed E-state index contributed by atoms with van der Waals surface area (Å²) in [4.78, 5) is 36.0. The molecule has 5 nitrogen and oxygen atoms in total. The van der Waals surface area contributed by atoms with Crippen molar-refractivity contribution in [3.63, 3.8) is 0 Å². The Balaban J connectivity index is 3.11. The number of allylic oxidation sites excluding steroid dienone is 4. The molecule has 0 N–H and O–H groups in total. The lowest BCUT2D eigenvalue weighted by Gasteiger charge is -2.23. The summed E-state index contributed by atoms with van der Waals surface area (Å²) in [7, 11) is 0. The van der Waals surface area contributed by atoms with Crippen LogP contribution in [-0.2, 0) is 23.9 Å². The van der Waals surface area contributed by atoms with Gasteiger partial charge in [-0.3, -0.25) is 9.59 Å². The molecular weight excluding hydrogens is 296 g/mol. The highest BCUT2D eigenvalue weighted by molar-refractivity contribution is 6.02. The standard InChI is InChI=1S/C18H26O5/c1-5-14-11-18(16(20)22-6-2,17(21)23-7-3)12-15(14)10-8-9-13(4)19/h5,10H,6-9,11-12H2,1-4H3/b14-5-,15-10+. The summed E-state index contributed by atoms with van der Waals surface area (Å²) in [6.45, 7) is 7.28. The van der Waals surface area contributed by atoms with Crippen molar-refractivity contribution < 1.29 is 23.9 Å². The zero-order chi connectivity index (χ0) is 17.5. The lowest BCUT2D eigenvalue weighted by atomic mass is 9.85. The quantitative estimate of drug-likeness (QED) is 0.532. The van der Waals surface area contributed by atoms with Gasteiger partial charge in [-0.1, -0.05) is 12.2 Å². The van der Waals surface area contributed by atoms with Gasteiger partial charge in [0.2, 0.25) is 0 Å². The highest BCUT2D eigenvalue weighted by Gasteiger charge is 2.53. The third kappa shape index (κ3) is 4.53. The fourth-order valence-corrected chi connectivity index (χ4v) is 2.79. The van der Waals surface area contributed by atoms with Crippen LogP contribution in [0.1, 0.15) is 53.4 Å². The van der Waals surface area contributed by atoms with E-state index in [1.807, 2.05) is 19.1 Å². The summed E-state index contributed by atoms with van der Waals surface area (Å²) in [5.74, 6) is -0.954. The normalized spacial score (nSPS) is 19.8. The molecule has 0 aromatic carbocycles. The van der Waals surface area contributed by atoms with Crippen molar-refractivity contribution in [1.82, 2.24) is 0 Å². The number of carbonyl (C=O) groups excluding carboxylic acids is 3. The number of ether oxygens (including phenoxy) is 2. The first-order chi connectivity index (χ1) is 10.9. The summed E-state index contributed by atoms with van der Waals surface area (Å²) in [5, 5.41) is 0. The molecule has 0 heterocycles. The van der Waals surface area contributed by atoms with E-state index >= 15 is 0 Å². The van der Waals surface area contributed by atoms with Crippen molar-refractivity contribution >= 4 is 17.7 Å². The minimum Gasteiger partial charge on any atom is -0.465 e. The largest absolute Gasteiger partial charge is 0.465 e. The minimum absolute atomic E-state index is 0.115. The molecule has 0 bridgehead atoms. The molecule has 1 fully saturated rings. The Morgan fingerprint density at radius 2 is 1.57 bits per heavy atom. The van der Waals surface area contributed by atoms with Crippen LogP contribution in [0.15, 0.2) is 23.3 Å². The van der Waals surface area contributed by atoms with Crippen LogP contribution in [0.2, 0.25) is 0 Å². The fourth-order valence-electron chi connectivity index (χ4n) is 2.79. The van der Waals surface area contributed by atoms with Gasteiger partial charge in [0.1, 0.15) is 5.78 Å². The molecule has 128 valence electrons. The van der Waals surface area contributed by atoms with Gasteiger partial charge in [-0.2, -0.15) is 0 Å². The Hall–Kier alpha value is -1.91. The Morgan fingerprint density at radius 3 is 2.00 bits per heavy atom. The number of hydrogen-bond acceptors (Lipinski definition) is 5. The number of rotatable bonds is 7. The van der Waals surface area contributed by atoms with Crippen LogP contribution < -0.4 is 0 Å². The maximum absolute atomic E-state index is 12.4. The average Bonchev–Trinajstić information content (AvgIpc) is 2.87. The van der Waals surface area contributed by atoms with Crippen molar-refractivity contribution in [2.24, 2.45) is 5.41 Å². The van der Waals surface area contributed by atoms with E-state index in [9.17, 15) is 14.4 Å². The Kier molecular flexibility index (Phi) is 7.20. The fraction of sp³-hybridized carbons (Fsp3) is 0.611. The molecular formula is C18H26O5. The predicted molar refractivity (Wildman–Crippen MR) is 86.7 cm³/mol. The van der Waals surface area contributed by atoms with Gasteiger partial charge < -0.3 is 14.3 Å². The van der Waals surface area contributed by atoms with Gasteiger partial charge in [0.25, 0.3) is 0 Å². The first kappa shape index (κ1) is 19.1. The Labute approximate surface area is 137 Å². The molecule has 0 aromatic rings. The molecule has 0 amide bonds. The maximum atomic E-state index is 12.4. The molecule has 1 aliphatic rings. The van der Waals surface area contributed by atoms with Crippen LogP contribution in [-0.4, -0.2) is 30.9 Å². The lowest BCUT2D eigenvalue weighted by Crippen LogP contribution is -2.39. The molecule has 1 saturated carbocycles. The lowest BCUT2D eigenvalue weighted by molar-refractivity contribution is -0.171. The summed E-state index contributed by atoms with van der Waals surface area (Å²) in [6.07, 6.45) is 5.45. The van der Waals surface area contributed by atoms with E-state index in [0.29, 0.717) is 12.8 Å². The number of hydrogen-bond donors (Lipinski definition) is 0.